The lowest BCUT2D eigenvalue weighted by Crippen LogP contribution is -2.49. The fourth-order valence-electron chi connectivity index (χ4n) is 3.93. The van der Waals surface area contributed by atoms with Crippen LogP contribution >= 0.6 is 0 Å². The summed E-state index contributed by atoms with van der Waals surface area (Å²) in [6.45, 7) is 0.0857. The molecule has 0 amide bonds. The van der Waals surface area contributed by atoms with E-state index in [0.717, 1.165) is 25.7 Å². The smallest absolute Gasteiger partial charge is 0.214 e. The molecule has 0 aromatic carbocycles. The van der Waals surface area contributed by atoms with E-state index in [9.17, 15) is 8.42 Å². The zero-order valence-electron chi connectivity index (χ0n) is 13.2. The molecule has 2 fully saturated rings. The van der Waals surface area contributed by atoms with Crippen molar-refractivity contribution in [2.45, 2.75) is 89.1 Å². The second kappa shape index (κ2) is 8.49. The molecule has 4 nitrogen and oxygen atoms in total. The van der Waals surface area contributed by atoms with E-state index in [-0.39, 0.29) is 24.4 Å². The van der Waals surface area contributed by atoms with Gasteiger partial charge in [0.25, 0.3) is 0 Å². The molecule has 0 unspecified atom stereocenters. The van der Waals surface area contributed by atoms with Crippen LogP contribution < -0.4 is 0 Å². The van der Waals surface area contributed by atoms with Gasteiger partial charge in [-0.2, -0.15) is 4.31 Å². The van der Waals surface area contributed by atoms with Crippen LogP contribution in [0.2, 0.25) is 0 Å². The Balaban J connectivity index is 2.09. The van der Waals surface area contributed by atoms with E-state index >= 15 is 0 Å². The molecule has 2 saturated carbocycles. The van der Waals surface area contributed by atoms with Gasteiger partial charge in [0, 0.05) is 18.7 Å². The Morgan fingerprint density at radius 1 is 0.810 bits per heavy atom. The second-order valence-electron chi connectivity index (χ2n) is 6.66. The normalized spacial score (nSPS) is 22.8. The fourth-order valence-corrected chi connectivity index (χ4v) is 6.03. The fraction of sp³-hybridized carbons (Fsp3) is 1.00. The van der Waals surface area contributed by atoms with Crippen LogP contribution in [-0.2, 0) is 10.0 Å². The minimum absolute atomic E-state index is 0.0857. The molecule has 2 aliphatic carbocycles. The number of rotatable bonds is 7. The van der Waals surface area contributed by atoms with Gasteiger partial charge in [0.1, 0.15) is 0 Å². The number of hydrogen-bond donors (Lipinski definition) is 1. The molecule has 2 rings (SSSR count). The van der Waals surface area contributed by atoms with Crippen molar-refractivity contribution < 1.29 is 13.5 Å². The highest BCUT2D eigenvalue weighted by molar-refractivity contribution is 7.89. The molecule has 0 heterocycles. The largest absolute Gasteiger partial charge is 0.396 e. The minimum Gasteiger partial charge on any atom is -0.396 e. The maximum absolute atomic E-state index is 12.8. The standard InChI is InChI=1S/C16H31NO3S/c18-13-7-8-14-21(19,20)17(15-9-3-1-4-10-15)16-11-5-2-6-12-16/h15-16,18H,1-14H2. The van der Waals surface area contributed by atoms with E-state index in [2.05, 4.69) is 0 Å². The molecule has 0 bridgehead atoms. The molecule has 0 atom stereocenters. The van der Waals surface area contributed by atoms with Crippen molar-refractivity contribution in [2.75, 3.05) is 12.4 Å². The minimum atomic E-state index is -3.17. The Bertz CT molecular complexity index is 366. The van der Waals surface area contributed by atoms with Gasteiger partial charge in [-0.3, -0.25) is 0 Å². The molecule has 0 aromatic rings. The summed E-state index contributed by atoms with van der Waals surface area (Å²) in [6, 6.07) is 0.474. The Morgan fingerprint density at radius 2 is 1.29 bits per heavy atom. The van der Waals surface area contributed by atoms with Gasteiger partial charge < -0.3 is 5.11 Å². The molecule has 1 N–H and O–H groups in total. The Morgan fingerprint density at radius 3 is 1.71 bits per heavy atom. The first-order valence-electron chi connectivity index (χ1n) is 8.77. The number of hydrogen-bond acceptors (Lipinski definition) is 3. The van der Waals surface area contributed by atoms with Gasteiger partial charge in [-0.25, -0.2) is 8.42 Å². The third kappa shape index (κ3) is 4.93. The summed E-state index contributed by atoms with van der Waals surface area (Å²) in [6.07, 6.45) is 12.5. The van der Waals surface area contributed by atoms with Crippen LogP contribution in [0.3, 0.4) is 0 Å². The Hall–Kier alpha value is -0.130. The molecular formula is C16H31NO3S. The molecular weight excluding hydrogens is 286 g/mol. The van der Waals surface area contributed by atoms with Gasteiger partial charge in [0.15, 0.2) is 0 Å². The maximum atomic E-state index is 12.8. The van der Waals surface area contributed by atoms with E-state index in [0.29, 0.717) is 12.8 Å². The molecule has 124 valence electrons. The molecule has 0 saturated heterocycles. The average molecular weight is 317 g/mol. The van der Waals surface area contributed by atoms with Crippen molar-refractivity contribution in [1.82, 2.24) is 4.31 Å². The third-order valence-corrected chi connectivity index (χ3v) is 7.04. The zero-order valence-corrected chi connectivity index (χ0v) is 14.0. The van der Waals surface area contributed by atoms with Gasteiger partial charge in [0.05, 0.1) is 5.75 Å². The summed E-state index contributed by atoms with van der Waals surface area (Å²) in [5.41, 5.74) is 0. The van der Waals surface area contributed by atoms with Gasteiger partial charge in [-0.15, -0.1) is 0 Å². The molecule has 21 heavy (non-hydrogen) atoms. The van der Waals surface area contributed by atoms with Crippen molar-refractivity contribution in [2.24, 2.45) is 0 Å². The molecule has 0 aliphatic heterocycles. The Labute approximate surface area is 130 Å². The van der Waals surface area contributed by atoms with Crippen molar-refractivity contribution in [1.29, 1.82) is 0 Å². The van der Waals surface area contributed by atoms with E-state index in [4.69, 9.17) is 5.11 Å². The lowest BCUT2D eigenvalue weighted by atomic mass is 9.91. The Kier molecular flexibility index (Phi) is 6.96. The van der Waals surface area contributed by atoms with Crippen molar-refractivity contribution in [3.8, 4) is 0 Å². The molecule has 0 radical (unpaired) electrons. The quantitative estimate of drug-likeness (QED) is 0.734. The molecule has 0 spiro atoms. The molecule has 2 aliphatic rings. The highest BCUT2D eigenvalue weighted by atomic mass is 32.2. The first-order chi connectivity index (χ1) is 10.1. The van der Waals surface area contributed by atoms with E-state index < -0.39 is 10.0 Å². The topological polar surface area (TPSA) is 57.6 Å². The van der Waals surface area contributed by atoms with Gasteiger partial charge >= 0.3 is 0 Å². The van der Waals surface area contributed by atoms with Crippen LogP contribution in [0.4, 0.5) is 0 Å². The van der Waals surface area contributed by atoms with Crippen LogP contribution in [0, 0.1) is 0 Å². The van der Waals surface area contributed by atoms with Crippen LogP contribution in [0.1, 0.15) is 77.0 Å². The highest BCUT2D eigenvalue weighted by Crippen LogP contribution is 2.32. The zero-order chi connectivity index (χ0) is 15.1. The van der Waals surface area contributed by atoms with E-state index in [1.807, 2.05) is 4.31 Å². The second-order valence-corrected chi connectivity index (χ2v) is 8.65. The summed E-state index contributed by atoms with van der Waals surface area (Å²) >= 11 is 0. The summed E-state index contributed by atoms with van der Waals surface area (Å²) < 4.78 is 27.6. The number of aliphatic hydroxyl groups is 1. The van der Waals surface area contributed by atoms with Crippen LogP contribution in [0.15, 0.2) is 0 Å². The van der Waals surface area contributed by atoms with Crippen LogP contribution in [-0.4, -0.2) is 42.3 Å². The summed E-state index contributed by atoms with van der Waals surface area (Å²) in [5.74, 6) is 0.209. The number of aliphatic hydroxyl groups excluding tert-OH is 1. The highest BCUT2D eigenvalue weighted by Gasteiger charge is 2.36. The number of sulfonamides is 1. The predicted octanol–water partition coefficient (Wildman–Crippen LogP) is 3.06. The number of unbranched alkanes of at least 4 members (excludes halogenated alkanes) is 1. The maximum Gasteiger partial charge on any atom is 0.214 e. The first kappa shape index (κ1) is 17.2. The summed E-state index contributed by atoms with van der Waals surface area (Å²) in [4.78, 5) is 0. The predicted molar refractivity (Wildman–Crippen MR) is 85.7 cm³/mol. The van der Waals surface area contributed by atoms with Crippen LogP contribution in [0.25, 0.3) is 0 Å². The first-order valence-corrected chi connectivity index (χ1v) is 10.4. The lowest BCUT2D eigenvalue weighted by molar-refractivity contribution is 0.169. The third-order valence-electron chi connectivity index (χ3n) is 5.00. The SMILES string of the molecule is O=S(=O)(CCCCO)N(C1CCCCC1)C1CCCCC1. The van der Waals surface area contributed by atoms with E-state index in [1.54, 1.807) is 0 Å². The van der Waals surface area contributed by atoms with Crippen molar-refractivity contribution in [3.63, 3.8) is 0 Å². The van der Waals surface area contributed by atoms with Crippen molar-refractivity contribution in [3.05, 3.63) is 0 Å². The van der Waals surface area contributed by atoms with Gasteiger partial charge in [0.2, 0.25) is 10.0 Å². The van der Waals surface area contributed by atoms with Gasteiger partial charge in [-0.1, -0.05) is 38.5 Å². The summed E-state index contributed by atoms with van der Waals surface area (Å²) in [7, 11) is -3.17. The molecule has 5 heteroatoms. The lowest BCUT2D eigenvalue weighted by Gasteiger charge is -2.40. The monoisotopic (exact) mass is 317 g/mol. The average Bonchev–Trinajstić information content (AvgIpc) is 2.49. The molecule has 0 aromatic heterocycles. The van der Waals surface area contributed by atoms with E-state index in [1.165, 1.54) is 38.5 Å². The van der Waals surface area contributed by atoms with Crippen LogP contribution in [0.5, 0.6) is 0 Å². The van der Waals surface area contributed by atoms with Gasteiger partial charge in [-0.05, 0) is 38.5 Å². The summed E-state index contributed by atoms with van der Waals surface area (Å²) in [5, 5.41) is 8.89. The van der Waals surface area contributed by atoms with Crippen molar-refractivity contribution >= 4 is 10.0 Å². The number of nitrogens with zero attached hydrogens (tertiary/aromatic N) is 1.